The fraction of sp³-hybridized carbons (Fsp3) is 0.351. The van der Waals surface area contributed by atoms with Crippen LogP contribution in [0.15, 0.2) is 60.8 Å². The summed E-state index contributed by atoms with van der Waals surface area (Å²) in [5, 5.41) is 13.2. The maximum Gasteiger partial charge on any atom is 0.220 e. The van der Waals surface area contributed by atoms with Crippen LogP contribution in [0.1, 0.15) is 42.4 Å². The number of halogens is 2. The predicted octanol–water partition coefficient (Wildman–Crippen LogP) is 5.04. The van der Waals surface area contributed by atoms with Crippen LogP contribution in [0.25, 0.3) is 22.4 Å². The lowest BCUT2D eigenvalue weighted by atomic mass is 9.95. The van der Waals surface area contributed by atoms with Crippen LogP contribution in [0.4, 0.5) is 15.9 Å². The van der Waals surface area contributed by atoms with Crippen LogP contribution in [0.3, 0.4) is 0 Å². The molecule has 3 aliphatic heterocycles. The van der Waals surface area contributed by atoms with Crippen LogP contribution < -0.4 is 30.9 Å². The fourth-order valence-electron chi connectivity index (χ4n) is 6.99. The maximum atomic E-state index is 15.9. The summed E-state index contributed by atoms with van der Waals surface area (Å²) in [7, 11) is 1.60. The Morgan fingerprint density at radius 3 is 2.24 bits per heavy atom. The van der Waals surface area contributed by atoms with Crippen LogP contribution in [-0.2, 0) is 29.1 Å². The second-order valence-corrected chi connectivity index (χ2v) is 13.1. The van der Waals surface area contributed by atoms with Gasteiger partial charge in [-0.1, -0.05) is 48.0 Å². The smallest absolute Gasteiger partial charge is 0.220 e. The number of benzene rings is 2. The molecule has 0 unspecified atom stereocenters. The number of aromatic nitrogens is 2. The van der Waals surface area contributed by atoms with Gasteiger partial charge in [-0.15, -0.1) is 0 Å². The van der Waals surface area contributed by atoms with Crippen molar-refractivity contribution in [2.75, 3.05) is 31.6 Å². The molecular weight excluding hydrogens is 645 g/mol. The Morgan fingerprint density at radius 2 is 1.55 bits per heavy atom. The van der Waals surface area contributed by atoms with E-state index in [1.54, 1.807) is 19.4 Å². The van der Waals surface area contributed by atoms with E-state index in [-0.39, 0.29) is 29.7 Å². The number of ether oxygens (including phenoxy) is 1. The number of amides is 2. The summed E-state index contributed by atoms with van der Waals surface area (Å²) >= 11 is 7.14. The molecule has 0 aliphatic carbocycles. The molecule has 2 amide bonds. The van der Waals surface area contributed by atoms with Gasteiger partial charge in [0, 0.05) is 91.8 Å². The third-order valence-corrected chi connectivity index (χ3v) is 9.92. The zero-order valence-corrected chi connectivity index (χ0v) is 28.1. The summed E-state index contributed by atoms with van der Waals surface area (Å²) in [6.45, 7) is 2.74. The molecule has 12 heteroatoms. The molecule has 2 atom stereocenters. The van der Waals surface area contributed by atoms with Crippen LogP contribution in [-0.4, -0.2) is 60.6 Å². The minimum absolute atomic E-state index is 0.0628. The average molecular weight is 684 g/mol. The standard InChI is InChI=1S/C37H39ClFN7O3/c1-49-37-23(19-41-21-25-10-13-33(48)44-25)8-11-30(45-37)29-6-2-5-28(34(29)38)26-4-3-7-31-27(26)15-17-46(31)36-35(39)22(14-16-42-36)18-40-20-24-9-12-32(47)43-24/h2-8,11,14,16,24-25,40-41H,9-10,12-13,15,17-21H2,1H3,(H,43,47)(H,44,48)/t24-,25-/m0/s1. The van der Waals surface area contributed by atoms with Gasteiger partial charge in [-0.25, -0.2) is 14.4 Å². The maximum absolute atomic E-state index is 15.9. The molecule has 0 bridgehead atoms. The first-order valence-corrected chi connectivity index (χ1v) is 17.1. The predicted molar refractivity (Wildman–Crippen MR) is 187 cm³/mol. The minimum Gasteiger partial charge on any atom is -0.481 e. The van der Waals surface area contributed by atoms with E-state index in [9.17, 15) is 9.59 Å². The zero-order chi connectivity index (χ0) is 33.9. The number of hydrogen-bond donors (Lipinski definition) is 4. The van der Waals surface area contributed by atoms with E-state index in [0.717, 1.165) is 46.3 Å². The van der Waals surface area contributed by atoms with Gasteiger partial charge in [-0.2, -0.15) is 0 Å². The van der Waals surface area contributed by atoms with Crippen molar-refractivity contribution >= 4 is 34.9 Å². The Morgan fingerprint density at radius 1 is 0.878 bits per heavy atom. The second-order valence-electron chi connectivity index (χ2n) is 12.7. The van der Waals surface area contributed by atoms with Crippen LogP contribution in [0, 0.1) is 5.82 Å². The fourth-order valence-corrected chi connectivity index (χ4v) is 7.32. The number of fused-ring (bicyclic) bond motifs is 1. The van der Waals surface area contributed by atoms with Gasteiger partial charge in [0.1, 0.15) is 0 Å². The minimum atomic E-state index is -0.354. The monoisotopic (exact) mass is 683 g/mol. The quantitative estimate of drug-likeness (QED) is 0.164. The highest BCUT2D eigenvalue weighted by molar-refractivity contribution is 6.36. The van der Waals surface area contributed by atoms with Gasteiger partial charge in [0.2, 0.25) is 17.7 Å². The average Bonchev–Trinajstić information content (AvgIpc) is 3.85. The summed E-state index contributed by atoms with van der Waals surface area (Å²) in [6, 6.07) is 17.8. The largest absolute Gasteiger partial charge is 0.481 e. The number of rotatable bonds is 12. The zero-order valence-electron chi connectivity index (χ0n) is 27.3. The molecule has 7 rings (SSSR count). The van der Waals surface area contributed by atoms with Gasteiger partial charge in [-0.3, -0.25) is 9.59 Å². The molecule has 2 saturated heterocycles. The van der Waals surface area contributed by atoms with Gasteiger partial charge in [0.15, 0.2) is 11.6 Å². The number of anilines is 2. The summed E-state index contributed by atoms with van der Waals surface area (Å²) in [5.41, 5.74) is 6.74. The topological polar surface area (TPSA) is 121 Å². The number of carbonyl (C=O) groups excluding carboxylic acids is 2. The number of hydrogen-bond acceptors (Lipinski definition) is 8. The van der Waals surface area contributed by atoms with Gasteiger partial charge >= 0.3 is 0 Å². The lowest BCUT2D eigenvalue weighted by molar-refractivity contribution is -0.120. The number of pyridine rings is 2. The summed E-state index contributed by atoms with van der Waals surface area (Å²) < 4.78 is 21.5. The van der Waals surface area contributed by atoms with E-state index in [1.165, 1.54) is 0 Å². The summed E-state index contributed by atoms with van der Waals surface area (Å²) in [5.74, 6) is 0.611. The summed E-state index contributed by atoms with van der Waals surface area (Å²) in [6.07, 6.45) is 5.08. The molecule has 0 radical (unpaired) electrons. The van der Waals surface area contributed by atoms with Gasteiger partial charge in [0.25, 0.3) is 0 Å². The molecule has 49 heavy (non-hydrogen) atoms. The second kappa shape index (κ2) is 14.5. The Balaban J connectivity index is 1.09. The molecular formula is C37H39ClFN7O3. The normalized spacial score (nSPS) is 18.5. The number of nitrogens with zero attached hydrogens (tertiary/aromatic N) is 3. The van der Waals surface area contributed by atoms with Crippen molar-refractivity contribution in [1.82, 2.24) is 31.2 Å². The number of carbonyl (C=O) groups is 2. The van der Waals surface area contributed by atoms with Gasteiger partial charge in [-0.05, 0) is 48.6 Å². The molecule has 2 fully saturated rings. The highest BCUT2D eigenvalue weighted by Crippen LogP contribution is 2.44. The third-order valence-electron chi connectivity index (χ3n) is 9.51. The third kappa shape index (κ3) is 6.96. The molecule has 254 valence electrons. The summed E-state index contributed by atoms with van der Waals surface area (Å²) in [4.78, 5) is 34.2. The molecule has 2 aromatic carbocycles. The Kier molecular flexibility index (Phi) is 9.74. The molecule has 10 nitrogen and oxygen atoms in total. The number of methoxy groups -OCH3 is 1. The first-order chi connectivity index (χ1) is 23.9. The van der Waals surface area contributed by atoms with Crippen LogP contribution in [0.5, 0.6) is 5.88 Å². The van der Waals surface area contributed by atoms with Crippen LogP contribution >= 0.6 is 11.6 Å². The van der Waals surface area contributed by atoms with Gasteiger partial charge < -0.3 is 30.9 Å². The van der Waals surface area contributed by atoms with E-state index >= 15 is 4.39 Å². The SMILES string of the molecule is COc1nc(-c2cccc(-c3cccc4c3CCN4c3nccc(CNC[C@@H]4CCC(=O)N4)c3F)c2Cl)ccc1CNC[C@@H]1CCC(=O)N1. The van der Waals surface area contributed by atoms with E-state index < -0.39 is 0 Å². The molecule has 4 N–H and O–H groups in total. The van der Waals surface area contributed by atoms with E-state index in [0.29, 0.717) is 80.0 Å². The van der Waals surface area contributed by atoms with Crippen molar-refractivity contribution in [3.8, 4) is 28.3 Å². The van der Waals surface area contributed by atoms with E-state index in [2.05, 4.69) is 32.3 Å². The molecule has 5 heterocycles. The van der Waals surface area contributed by atoms with E-state index in [1.807, 2.05) is 47.4 Å². The lowest BCUT2D eigenvalue weighted by Gasteiger charge is -2.21. The van der Waals surface area contributed by atoms with Crippen molar-refractivity contribution in [2.24, 2.45) is 0 Å². The molecule has 2 aromatic heterocycles. The van der Waals surface area contributed by atoms with Gasteiger partial charge in [0.05, 0.1) is 17.8 Å². The Bertz CT molecular complexity index is 1890. The van der Waals surface area contributed by atoms with Crippen molar-refractivity contribution in [2.45, 2.75) is 57.3 Å². The van der Waals surface area contributed by atoms with Crippen molar-refractivity contribution < 1.29 is 18.7 Å². The Labute approximate surface area is 289 Å². The molecule has 0 spiro atoms. The molecule has 3 aliphatic rings. The highest BCUT2D eigenvalue weighted by atomic mass is 35.5. The Hall–Kier alpha value is -4.58. The van der Waals surface area contributed by atoms with Crippen LogP contribution in [0.2, 0.25) is 5.02 Å². The lowest BCUT2D eigenvalue weighted by Crippen LogP contribution is -2.35. The number of nitrogens with one attached hydrogen (secondary N) is 4. The van der Waals surface area contributed by atoms with E-state index in [4.69, 9.17) is 21.3 Å². The first-order valence-electron chi connectivity index (χ1n) is 16.8. The molecule has 0 saturated carbocycles. The van der Waals surface area contributed by atoms with Crippen molar-refractivity contribution in [3.63, 3.8) is 0 Å². The first kappa shape index (κ1) is 32.9. The van der Waals surface area contributed by atoms with Crippen molar-refractivity contribution in [3.05, 3.63) is 88.3 Å². The van der Waals surface area contributed by atoms with Crippen molar-refractivity contribution in [1.29, 1.82) is 0 Å². The molecule has 4 aromatic rings. The highest BCUT2D eigenvalue weighted by Gasteiger charge is 2.28.